The van der Waals surface area contributed by atoms with E-state index >= 15 is 0 Å². The first kappa shape index (κ1) is 16.5. The van der Waals surface area contributed by atoms with Crippen LogP contribution in [0.15, 0.2) is 54.9 Å². The van der Waals surface area contributed by atoms with Crippen molar-refractivity contribution in [3.05, 3.63) is 60.4 Å². The second kappa shape index (κ2) is 7.52. The number of aromatic nitrogens is 3. The summed E-state index contributed by atoms with van der Waals surface area (Å²) in [5, 5.41) is 2.98. The molecule has 0 bridgehead atoms. The Morgan fingerprint density at radius 1 is 1.08 bits per heavy atom. The SMILES string of the molecule is O=C(/C=C/c1ccncc1)Nc1nc2ccccc2n1C1CCCCC1. The van der Waals surface area contributed by atoms with Crippen molar-refractivity contribution in [3.8, 4) is 0 Å². The van der Waals surface area contributed by atoms with Crippen molar-refractivity contribution in [3.63, 3.8) is 0 Å². The molecule has 0 aliphatic heterocycles. The molecule has 2 aromatic heterocycles. The Hall–Kier alpha value is -2.95. The molecule has 1 fully saturated rings. The van der Waals surface area contributed by atoms with Gasteiger partial charge in [0.15, 0.2) is 0 Å². The van der Waals surface area contributed by atoms with E-state index in [1.807, 2.05) is 30.3 Å². The summed E-state index contributed by atoms with van der Waals surface area (Å²) < 4.78 is 2.21. The first-order valence-electron chi connectivity index (χ1n) is 9.17. The van der Waals surface area contributed by atoms with Crippen LogP contribution in [0.3, 0.4) is 0 Å². The topological polar surface area (TPSA) is 59.8 Å². The predicted molar refractivity (Wildman–Crippen MR) is 104 cm³/mol. The van der Waals surface area contributed by atoms with Gasteiger partial charge in [-0.1, -0.05) is 31.4 Å². The van der Waals surface area contributed by atoms with Gasteiger partial charge in [0.1, 0.15) is 0 Å². The maximum atomic E-state index is 12.4. The second-order valence-corrected chi connectivity index (χ2v) is 6.69. The molecule has 0 atom stereocenters. The number of imidazole rings is 1. The fourth-order valence-electron chi connectivity index (χ4n) is 3.64. The van der Waals surface area contributed by atoms with Gasteiger partial charge in [-0.15, -0.1) is 0 Å². The smallest absolute Gasteiger partial charge is 0.250 e. The Labute approximate surface area is 152 Å². The number of fused-ring (bicyclic) bond motifs is 1. The highest BCUT2D eigenvalue weighted by atomic mass is 16.1. The highest BCUT2D eigenvalue weighted by Crippen LogP contribution is 2.34. The van der Waals surface area contributed by atoms with Crippen molar-refractivity contribution in [1.82, 2.24) is 14.5 Å². The number of para-hydroxylation sites is 2. The minimum atomic E-state index is -0.172. The van der Waals surface area contributed by atoms with Crippen LogP contribution in [0.2, 0.25) is 0 Å². The Kier molecular flexibility index (Phi) is 4.78. The molecule has 0 spiro atoms. The average molecular weight is 346 g/mol. The zero-order valence-corrected chi connectivity index (χ0v) is 14.6. The van der Waals surface area contributed by atoms with Gasteiger partial charge < -0.3 is 4.57 Å². The molecule has 4 rings (SSSR count). The van der Waals surface area contributed by atoms with Crippen molar-refractivity contribution >= 4 is 29.0 Å². The van der Waals surface area contributed by atoms with Crippen LogP contribution < -0.4 is 5.32 Å². The third-order valence-corrected chi connectivity index (χ3v) is 4.90. The van der Waals surface area contributed by atoms with Crippen LogP contribution in [-0.4, -0.2) is 20.4 Å². The third-order valence-electron chi connectivity index (χ3n) is 4.90. The van der Waals surface area contributed by atoms with Crippen molar-refractivity contribution in [1.29, 1.82) is 0 Å². The van der Waals surface area contributed by atoms with E-state index in [0.717, 1.165) is 29.4 Å². The molecule has 2 heterocycles. The number of carbonyl (C=O) groups excluding carboxylic acids is 1. The van der Waals surface area contributed by atoms with Gasteiger partial charge in [0.05, 0.1) is 11.0 Å². The lowest BCUT2D eigenvalue weighted by molar-refractivity contribution is -0.111. The van der Waals surface area contributed by atoms with Gasteiger partial charge in [-0.05, 0) is 48.7 Å². The molecular formula is C21H22N4O. The van der Waals surface area contributed by atoms with E-state index in [9.17, 15) is 4.79 Å². The second-order valence-electron chi connectivity index (χ2n) is 6.69. The number of hydrogen-bond donors (Lipinski definition) is 1. The summed E-state index contributed by atoms with van der Waals surface area (Å²) in [5.41, 5.74) is 2.95. The van der Waals surface area contributed by atoms with Crippen LogP contribution in [0.1, 0.15) is 43.7 Å². The summed E-state index contributed by atoms with van der Waals surface area (Å²) in [4.78, 5) is 21.1. The lowest BCUT2D eigenvalue weighted by Crippen LogP contribution is -2.18. The molecule has 5 heteroatoms. The first-order valence-corrected chi connectivity index (χ1v) is 9.17. The Bertz CT molecular complexity index is 924. The molecule has 1 aliphatic rings. The number of benzene rings is 1. The van der Waals surface area contributed by atoms with E-state index in [0.29, 0.717) is 12.0 Å². The summed E-state index contributed by atoms with van der Waals surface area (Å²) in [6.07, 6.45) is 12.8. The molecule has 1 aromatic carbocycles. The molecule has 0 radical (unpaired) electrons. The fraction of sp³-hybridized carbons (Fsp3) is 0.286. The Balaban J connectivity index is 1.61. The van der Waals surface area contributed by atoms with Gasteiger partial charge in [-0.3, -0.25) is 15.1 Å². The number of amides is 1. The molecule has 5 nitrogen and oxygen atoms in total. The summed E-state index contributed by atoms with van der Waals surface area (Å²) in [5.74, 6) is 0.469. The van der Waals surface area contributed by atoms with Crippen LogP contribution in [0.25, 0.3) is 17.1 Å². The largest absolute Gasteiger partial charge is 0.307 e. The normalized spacial score (nSPS) is 15.5. The molecule has 1 N–H and O–H groups in total. The van der Waals surface area contributed by atoms with Crippen molar-refractivity contribution in [2.75, 3.05) is 5.32 Å². The van der Waals surface area contributed by atoms with E-state index < -0.39 is 0 Å². The van der Waals surface area contributed by atoms with E-state index in [2.05, 4.69) is 25.9 Å². The van der Waals surface area contributed by atoms with Crippen LogP contribution in [0.4, 0.5) is 5.95 Å². The van der Waals surface area contributed by atoms with Crippen molar-refractivity contribution < 1.29 is 4.79 Å². The van der Waals surface area contributed by atoms with Crippen molar-refractivity contribution in [2.45, 2.75) is 38.1 Å². The quantitative estimate of drug-likeness (QED) is 0.703. The van der Waals surface area contributed by atoms with Crippen LogP contribution in [0.5, 0.6) is 0 Å². The number of anilines is 1. The Morgan fingerprint density at radius 2 is 1.85 bits per heavy atom. The van der Waals surface area contributed by atoms with Crippen LogP contribution in [0, 0.1) is 0 Å². The monoisotopic (exact) mass is 346 g/mol. The average Bonchev–Trinajstić information content (AvgIpc) is 3.05. The predicted octanol–water partition coefficient (Wildman–Crippen LogP) is 4.59. The lowest BCUT2D eigenvalue weighted by atomic mass is 9.95. The maximum absolute atomic E-state index is 12.4. The third kappa shape index (κ3) is 3.52. The molecule has 132 valence electrons. The van der Waals surface area contributed by atoms with Gasteiger partial charge in [-0.25, -0.2) is 4.98 Å². The molecule has 1 saturated carbocycles. The van der Waals surface area contributed by atoms with Crippen LogP contribution >= 0.6 is 0 Å². The van der Waals surface area contributed by atoms with Gasteiger partial charge in [0.2, 0.25) is 5.95 Å². The lowest BCUT2D eigenvalue weighted by Gasteiger charge is -2.25. The molecular weight excluding hydrogens is 324 g/mol. The summed E-state index contributed by atoms with van der Waals surface area (Å²) in [6, 6.07) is 12.2. The van der Waals surface area contributed by atoms with E-state index in [4.69, 9.17) is 0 Å². The summed E-state index contributed by atoms with van der Waals surface area (Å²) in [6.45, 7) is 0. The number of hydrogen-bond acceptors (Lipinski definition) is 3. The minimum absolute atomic E-state index is 0.172. The van der Waals surface area contributed by atoms with Crippen molar-refractivity contribution in [2.24, 2.45) is 0 Å². The number of pyridine rings is 1. The maximum Gasteiger partial charge on any atom is 0.250 e. The zero-order chi connectivity index (χ0) is 17.8. The number of nitrogens with zero attached hydrogens (tertiary/aromatic N) is 3. The molecule has 1 amide bonds. The molecule has 0 unspecified atom stereocenters. The Morgan fingerprint density at radius 3 is 2.65 bits per heavy atom. The fourth-order valence-corrected chi connectivity index (χ4v) is 3.64. The highest BCUT2D eigenvalue weighted by molar-refractivity contribution is 6.01. The molecule has 3 aromatic rings. The van der Waals surface area contributed by atoms with E-state index in [1.165, 1.54) is 19.3 Å². The minimum Gasteiger partial charge on any atom is -0.307 e. The van der Waals surface area contributed by atoms with E-state index in [1.54, 1.807) is 24.5 Å². The van der Waals surface area contributed by atoms with E-state index in [-0.39, 0.29) is 5.91 Å². The van der Waals surface area contributed by atoms with Gasteiger partial charge >= 0.3 is 0 Å². The number of rotatable bonds is 4. The molecule has 1 aliphatic carbocycles. The summed E-state index contributed by atoms with van der Waals surface area (Å²) in [7, 11) is 0. The molecule has 26 heavy (non-hydrogen) atoms. The number of nitrogens with one attached hydrogen (secondary N) is 1. The number of carbonyl (C=O) groups is 1. The van der Waals surface area contributed by atoms with Gasteiger partial charge in [0, 0.05) is 24.5 Å². The highest BCUT2D eigenvalue weighted by Gasteiger charge is 2.21. The standard InChI is InChI=1S/C21H22N4O/c26-20(11-10-16-12-14-22-15-13-16)24-21-23-18-8-4-5-9-19(18)25(21)17-6-2-1-3-7-17/h4-5,8-15,17H,1-3,6-7H2,(H,23,24,26)/b11-10+. The van der Waals surface area contributed by atoms with Gasteiger partial charge in [-0.2, -0.15) is 0 Å². The first-order chi connectivity index (χ1) is 12.8. The van der Waals surface area contributed by atoms with Gasteiger partial charge in [0.25, 0.3) is 5.91 Å². The zero-order valence-electron chi connectivity index (χ0n) is 14.6. The molecule has 0 saturated heterocycles. The van der Waals surface area contributed by atoms with Crippen LogP contribution in [-0.2, 0) is 4.79 Å². The summed E-state index contributed by atoms with van der Waals surface area (Å²) >= 11 is 0.